The lowest BCUT2D eigenvalue weighted by Crippen LogP contribution is -2.34. The molecule has 3 saturated heterocycles. The Morgan fingerprint density at radius 1 is 1.17 bits per heavy atom. The van der Waals surface area contributed by atoms with Crippen molar-refractivity contribution in [3.8, 4) is 5.75 Å². The predicted molar refractivity (Wildman–Crippen MR) is 75.2 cm³/mol. The van der Waals surface area contributed by atoms with Crippen LogP contribution >= 0.6 is 0 Å². The third kappa shape index (κ3) is 2.06. The molecule has 2 bridgehead atoms. The molecule has 0 radical (unpaired) electrons. The number of aryl methyl sites for hydroxylation is 1. The van der Waals surface area contributed by atoms with E-state index in [1.165, 1.54) is 12.1 Å². The Balaban J connectivity index is 1.74. The van der Waals surface area contributed by atoms with Gasteiger partial charge < -0.3 is 9.47 Å². The highest BCUT2D eigenvalue weighted by Crippen LogP contribution is 2.50. The van der Waals surface area contributed by atoms with Crippen LogP contribution in [-0.4, -0.2) is 30.6 Å². The number of imide groups is 1. The Bertz CT molecular complexity index is 665. The van der Waals surface area contributed by atoms with Gasteiger partial charge in [0, 0.05) is 0 Å². The molecule has 2 amide bonds. The van der Waals surface area contributed by atoms with Crippen molar-refractivity contribution in [2.24, 2.45) is 11.8 Å². The number of alkyl halides is 2. The Kier molecular flexibility index (Phi) is 3.16. The predicted octanol–water partition coefficient (Wildman–Crippen LogP) is 2.26. The van der Waals surface area contributed by atoms with E-state index >= 15 is 0 Å². The van der Waals surface area contributed by atoms with Gasteiger partial charge in [-0.05, 0) is 37.5 Å². The molecule has 0 saturated carbocycles. The number of amides is 2. The van der Waals surface area contributed by atoms with Crippen LogP contribution in [0.2, 0.25) is 0 Å². The second-order valence-corrected chi connectivity index (χ2v) is 6.20. The molecule has 7 heteroatoms. The first-order valence-corrected chi connectivity index (χ1v) is 7.56. The number of hydrogen-bond donors (Lipinski definition) is 0. The molecule has 1 aromatic rings. The summed E-state index contributed by atoms with van der Waals surface area (Å²) in [7, 11) is 0. The minimum atomic E-state index is -3.03. The Hall–Kier alpha value is -2.02. The summed E-state index contributed by atoms with van der Waals surface area (Å²) >= 11 is 0. The molecule has 3 fully saturated rings. The summed E-state index contributed by atoms with van der Waals surface area (Å²) in [5.41, 5.74) is 0.784. The van der Waals surface area contributed by atoms with Crippen molar-refractivity contribution in [1.29, 1.82) is 0 Å². The molecule has 5 nitrogen and oxygen atoms in total. The van der Waals surface area contributed by atoms with Crippen molar-refractivity contribution in [3.05, 3.63) is 23.8 Å². The molecule has 3 aliphatic rings. The van der Waals surface area contributed by atoms with Gasteiger partial charge >= 0.3 is 6.61 Å². The number of benzene rings is 1. The van der Waals surface area contributed by atoms with E-state index in [0.29, 0.717) is 5.56 Å². The molecule has 0 aromatic heterocycles. The van der Waals surface area contributed by atoms with Gasteiger partial charge in [0.25, 0.3) is 0 Å². The van der Waals surface area contributed by atoms with E-state index in [4.69, 9.17) is 4.74 Å². The molecule has 0 unspecified atom stereocenters. The van der Waals surface area contributed by atoms with E-state index in [0.717, 1.165) is 17.7 Å². The fourth-order valence-corrected chi connectivity index (χ4v) is 3.95. The van der Waals surface area contributed by atoms with E-state index in [2.05, 4.69) is 4.74 Å². The number of carbonyl (C=O) groups excluding carboxylic acids is 2. The summed E-state index contributed by atoms with van der Waals surface area (Å²) in [5.74, 6) is -1.91. The first kappa shape index (κ1) is 14.6. The van der Waals surface area contributed by atoms with Crippen molar-refractivity contribution in [2.75, 3.05) is 4.90 Å². The van der Waals surface area contributed by atoms with E-state index in [9.17, 15) is 18.4 Å². The van der Waals surface area contributed by atoms with Crippen LogP contribution in [0.1, 0.15) is 18.4 Å². The monoisotopic (exact) mass is 323 g/mol. The van der Waals surface area contributed by atoms with E-state index in [1.807, 2.05) is 0 Å². The Morgan fingerprint density at radius 3 is 2.35 bits per heavy atom. The zero-order chi connectivity index (χ0) is 16.3. The fourth-order valence-electron chi connectivity index (χ4n) is 3.95. The van der Waals surface area contributed by atoms with Crippen molar-refractivity contribution in [1.82, 2.24) is 0 Å². The third-order valence-electron chi connectivity index (χ3n) is 4.86. The summed E-state index contributed by atoms with van der Waals surface area (Å²) < 4.78 is 35.5. The Labute approximate surface area is 131 Å². The lowest BCUT2D eigenvalue weighted by molar-refractivity contribution is -0.125. The van der Waals surface area contributed by atoms with Gasteiger partial charge in [0.15, 0.2) is 5.75 Å². The van der Waals surface area contributed by atoms with Gasteiger partial charge in [0.05, 0.1) is 29.7 Å². The largest absolute Gasteiger partial charge is 0.433 e. The van der Waals surface area contributed by atoms with Crippen LogP contribution in [0.4, 0.5) is 14.5 Å². The fraction of sp³-hybridized carbons (Fsp3) is 0.500. The first-order chi connectivity index (χ1) is 11.0. The van der Waals surface area contributed by atoms with Gasteiger partial charge in [0.1, 0.15) is 0 Å². The van der Waals surface area contributed by atoms with Crippen molar-refractivity contribution >= 4 is 17.5 Å². The van der Waals surface area contributed by atoms with Gasteiger partial charge in [-0.1, -0.05) is 6.07 Å². The molecule has 3 heterocycles. The average Bonchev–Trinajstić information content (AvgIpc) is 3.14. The van der Waals surface area contributed by atoms with Gasteiger partial charge in [-0.25, -0.2) is 4.90 Å². The zero-order valence-electron chi connectivity index (χ0n) is 12.4. The maximum Gasteiger partial charge on any atom is 0.387 e. The van der Waals surface area contributed by atoms with E-state index in [1.54, 1.807) is 13.0 Å². The number of carbonyl (C=O) groups is 2. The number of fused-ring (bicyclic) bond motifs is 5. The molecule has 3 aliphatic heterocycles. The Morgan fingerprint density at radius 2 is 1.78 bits per heavy atom. The van der Waals surface area contributed by atoms with E-state index in [-0.39, 0.29) is 35.5 Å². The summed E-state index contributed by atoms with van der Waals surface area (Å²) in [6.07, 6.45) is 1.03. The van der Waals surface area contributed by atoms with Crippen LogP contribution in [0.3, 0.4) is 0 Å². The second kappa shape index (κ2) is 4.99. The number of halogens is 2. The van der Waals surface area contributed by atoms with Crippen LogP contribution < -0.4 is 9.64 Å². The number of ether oxygens (including phenoxy) is 2. The summed E-state index contributed by atoms with van der Waals surface area (Å²) in [6, 6.07) is 4.54. The highest BCUT2D eigenvalue weighted by molar-refractivity contribution is 6.23. The first-order valence-electron chi connectivity index (χ1n) is 7.56. The summed E-state index contributed by atoms with van der Waals surface area (Å²) in [6.45, 7) is -1.30. The van der Waals surface area contributed by atoms with Crippen LogP contribution in [0.15, 0.2) is 18.2 Å². The average molecular weight is 323 g/mol. The summed E-state index contributed by atoms with van der Waals surface area (Å²) in [4.78, 5) is 26.4. The smallest absolute Gasteiger partial charge is 0.387 e. The van der Waals surface area contributed by atoms with Crippen molar-refractivity contribution < 1.29 is 27.8 Å². The lowest BCUT2D eigenvalue weighted by atomic mass is 9.81. The summed E-state index contributed by atoms with van der Waals surface area (Å²) in [5, 5.41) is 0. The van der Waals surface area contributed by atoms with Gasteiger partial charge in [-0.2, -0.15) is 8.78 Å². The molecule has 4 rings (SSSR count). The standard InChI is InChI=1S/C16H15F2NO4/c1-7-2-3-8(11(6-7)23-16(17)18)19-14(20)12-9-4-5-10(22-9)13(12)15(19)21/h2-3,6,9-10,12-13,16H,4-5H2,1H3/t9-,10-,12-,13-/m0/s1. The van der Waals surface area contributed by atoms with E-state index < -0.39 is 18.4 Å². The highest BCUT2D eigenvalue weighted by Gasteiger charge is 2.62. The van der Waals surface area contributed by atoms with Crippen molar-refractivity contribution in [3.63, 3.8) is 0 Å². The molecule has 4 atom stereocenters. The minimum Gasteiger partial charge on any atom is -0.433 e. The molecule has 23 heavy (non-hydrogen) atoms. The minimum absolute atomic E-state index is 0.0831. The molecular formula is C16H15F2NO4. The van der Waals surface area contributed by atoms with Gasteiger partial charge in [0.2, 0.25) is 11.8 Å². The maximum atomic E-state index is 12.7. The molecule has 1 aromatic carbocycles. The van der Waals surface area contributed by atoms with Crippen molar-refractivity contribution in [2.45, 2.75) is 38.6 Å². The highest BCUT2D eigenvalue weighted by atomic mass is 19.3. The number of anilines is 1. The van der Waals surface area contributed by atoms with Gasteiger partial charge in [-0.3, -0.25) is 9.59 Å². The van der Waals surface area contributed by atoms with Crippen LogP contribution in [0.5, 0.6) is 5.75 Å². The lowest BCUT2D eigenvalue weighted by Gasteiger charge is -2.20. The zero-order valence-corrected chi connectivity index (χ0v) is 12.4. The van der Waals surface area contributed by atoms with Gasteiger partial charge in [-0.15, -0.1) is 0 Å². The second-order valence-electron chi connectivity index (χ2n) is 6.20. The topological polar surface area (TPSA) is 55.8 Å². The van der Waals surface area contributed by atoms with Crippen LogP contribution in [0.25, 0.3) is 0 Å². The molecule has 0 aliphatic carbocycles. The van der Waals surface area contributed by atoms with Crippen LogP contribution in [0, 0.1) is 18.8 Å². The molecule has 122 valence electrons. The quantitative estimate of drug-likeness (QED) is 0.801. The molecular weight excluding hydrogens is 308 g/mol. The third-order valence-corrected chi connectivity index (χ3v) is 4.86. The SMILES string of the molecule is Cc1ccc(N2C(=O)[C@@H]3[C@@H](C2=O)[C@@H]2CC[C@@H]3O2)c(OC(F)F)c1. The maximum absolute atomic E-state index is 12.7. The number of rotatable bonds is 3. The van der Waals surface area contributed by atoms with Crippen LogP contribution in [-0.2, 0) is 14.3 Å². The number of hydrogen-bond acceptors (Lipinski definition) is 4. The molecule has 0 N–H and O–H groups in total. The number of nitrogens with zero attached hydrogens (tertiary/aromatic N) is 1. The molecule has 0 spiro atoms. The normalized spacial score (nSPS) is 32.1.